The molecule has 72 heavy (non-hydrogen) atoms. The van der Waals surface area contributed by atoms with Gasteiger partial charge < -0.3 is 29.6 Å². The van der Waals surface area contributed by atoms with Crippen LogP contribution in [0, 0.1) is 17.8 Å². The van der Waals surface area contributed by atoms with Gasteiger partial charge in [-0.15, -0.1) is 0 Å². The van der Waals surface area contributed by atoms with Crippen LogP contribution in [0.25, 0.3) is 21.9 Å². The first-order chi connectivity index (χ1) is 34.6. The van der Waals surface area contributed by atoms with E-state index in [2.05, 4.69) is 68.5 Å². The molecule has 4 saturated carbocycles. The van der Waals surface area contributed by atoms with Crippen molar-refractivity contribution in [3.8, 4) is 16.9 Å². The molecule has 0 heterocycles. The monoisotopic (exact) mass is 1010 g/mol. The second kappa shape index (κ2) is 37.6. The minimum atomic E-state index is -0.914. The standard InChI is InChI=1S/C28H28O3.2C18H34O2.Ca/c1-31-26-7-6-23(21-2-3-22-12-24(27(29)30)5-4-20(22)11-21)13-25(26)28-14-17-8-18(15-28)10-19(9-17)16-28;2*1-2-3-4-5-6-7-8-9-10-11-12-13-14-15-16-17-18(19)20;/h2-7,11-13,17-19H,8-10,14-16H2,1H3,(H,29,30);2*9-10H,2-8,11-17H2,1H3,(H,19,20);/q;;;+2/p-2/b;2*10-9-;. The van der Waals surface area contributed by atoms with E-state index in [0.717, 1.165) is 72.8 Å². The molecular formula is C64H94CaO7. The molecule has 0 aromatic heterocycles. The van der Waals surface area contributed by atoms with Crippen LogP contribution in [0.5, 0.6) is 5.75 Å². The van der Waals surface area contributed by atoms with Gasteiger partial charge in [0.15, 0.2) is 0 Å². The molecule has 4 fully saturated rings. The molecule has 7 nitrogen and oxygen atoms in total. The van der Waals surface area contributed by atoms with Crippen LogP contribution in [0.15, 0.2) is 78.9 Å². The maximum absolute atomic E-state index is 11.3. The summed E-state index contributed by atoms with van der Waals surface area (Å²) in [5.74, 6) is 1.00. The van der Waals surface area contributed by atoms with Crippen LogP contribution in [0.1, 0.15) is 248 Å². The van der Waals surface area contributed by atoms with Crippen molar-refractivity contribution in [2.75, 3.05) is 7.11 Å². The Morgan fingerprint density at radius 2 is 0.903 bits per heavy atom. The Morgan fingerprint density at radius 3 is 1.32 bits per heavy atom. The van der Waals surface area contributed by atoms with E-state index in [4.69, 9.17) is 4.74 Å². The fourth-order valence-corrected chi connectivity index (χ4v) is 12.0. The minimum Gasteiger partial charge on any atom is -0.550 e. The van der Waals surface area contributed by atoms with Crippen molar-refractivity contribution in [3.05, 3.63) is 90.0 Å². The Hall–Kier alpha value is -3.13. The number of benzene rings is 3. The molecule has 1 N–H and O–H groups in total. The number of unbranched alkanes of at least 4 members (excludes halogenated alkanes) is 22. The van der Waals surface area contributed by atoms with E-state index < -0.39 is 17.9 Å². The summed E-state index contributed by atoms with van der Waals surface area (Å²) in [7, 11) is 1.80. The number of carboxylic acids is 3. The minimum absolute atomic E-state index is 0. The van der Waals surface area contributed by atoms with Gasteiger partial charge in [-0.3, -0.25) is 0 Å². The topological polar surface area (TPSA) is 127 Å². The van der Waals surface area contributed by atoms with Crippen molar-refractivity contribution in [1.82, 2.24) is 0 Å². The summed E-state index contributed by atoms with van der Waals surface area (Å²) >= 11 is 0. The molecule has 4 aliphatic carbocycles. The fourth-order valence-electron chi connectivity index (χ4n) is 12.0. The molecular weight excluding hydrogens is 921 g/mol. The number of hydrogen-bond donors (Lipinski definition) is 1. The summed E-state index contributed by atoms with van der Waals surface area (Å²) in [4.78, 5) is 31.7. The summed E-state index contributed by atoms with van der Waals surface area (Å²) in [6.45, 7) is 4.51. The maximum atomic E-state index is 11.3. The molecule has 0 spiro atoms. The SMILES string of the molecule is CCCCCCCC/C=C\CCCCCCCC(=O)[O-].CCCCCCCC/C=C\CCCCCCCC(=O)[O-].COc1ccc(-c2ccc3cc(C(=O)O)ccc3c2)cc1C12CC3CC(CC(C3)C1)C2.[Ca+2]. The molecule has 4 bridgehead atoms. The van der Waals surface area contributed by atoms with Gasteiger partial charge in [-0.05, 0) is 191 Å². The van der Waals surface area contributed by atoms with Gasteiger partial charge in [0.05, 0.1) is 12.7 Å². The first-order valence-corrected chi connectivity index (χ1v) is 28.7. The number of aromatic carboxylic acids is 1. The average molecular weight is 1020 g/mol. The number of methoxy groups -OCH3 is 1. The number of carbonyl (C=O) groups excluding carboxylic acids is 2. The Labute approximate surface area is 466 Å². The number of fused-ring (bicyclic) bond motifs is 1. The van der Waals surface area contributed by atoms with E-state index in [9.17, 15) is 29.7 Å². The molecule has 4 aliphatic rings. The van der Waals surface area contributed by atoms with Crippen LogP contribution in [0.4, 0.5) is 0 Å². The maximum Gasteiger partial charge on any atom is 2.00 e. The molecule has 8 heteroatoms. The van der Waals surface area contributed by atoms with Gasteiger partial charge >= 0.3 is 43.7 Å². The molecule has 3 aromatic rings. The molecule has 7 rings (SSSR count). The van der Waals surface area contributed by atoms with E-state index in [1.165, 1.54) is 184 Å². The number of ether oxygens (including phenoxy) is 1. The molecule has 0 aliphatic heterocycles. The van der Waals surface area contributed by atoms with Crippen LogP contribution >= 0.6 is 0 Å². The van der Waals surface area contributed by atoms with Crippen LogP contribution in [-0.4, -0.2) is 67.9 Å². The van der Waals surface area contributed by atoms with E-state index in [-0.39, 0.29) is 56.0 Å². The van der Waals surface area contributed by atoms with Crippen molar-refractivity contribution in [1.29, 1.82) is 0 Å². The first-order valence-electron chi connectivity index (χ1n) is 28.7. The van der Waals surface area contributed by atoms with Gasteiger partial charge in [0, 0.05) is 17.5 Å². The first kappa shape index (κ1) is 63.2. The van der Waals surface area contributed by atoms with E-state index in [0.29, 0.717) is 5.56 Å². The Kier molecular flexibility index (Phi) is 33.0. The third-order valence-electron chi connectivity index (χ3n) is 15.5. The van der Waals surface area contributed by atoms with Crippen LogP contribution in [-0.2, 0) is 15.0 Å². The molecule has 0 atom stereocenters. The quantitative estimate of drug-likeness (QED) is 0.0358. The summed E-state index contributed by atoms with van der Waals surface area (Å²) in [6.07, 6.45) is 50.0. The smallest absolute Gasteiger partial charge is 0.550 e. The number of carbonyl (C=O) groups is 3. The summed E-state index contributed by atoms with van der Waals surface area (Å²) < 4.78 is 5.88. The number of rotatable bonds is 34. The zero-order valence-electron chi connectivity index (χ0n) is 45.4. The zero-order chi connectivity index (χ0) is 50.9. The second-order valence-corrected chi connectivity index (χ2v) is 21.6. The van der Waals surface area contributed by atoms with Gasteiger partial charge in [0.2, 0.25) is 0 Å². The zero-order valence-corrected chi connectivity index (χ0v) is 47.6. The van der Waals surface area contributed by atoms with Crippen LogP contribution in [0.3, 0.4) is 0 Å². The van der Waals surface area contributed by atoms with Crippen molar-refractivity contribution in [2.45, 2.75) is 238 Å². The fraction of sp³-hybridized carbons (Fsp3) is 0.641. The van der Waals surface area contributed by atoms with Crippen molar-refractivity contribution in [2.24, 2.45) is 17.8 Å². The summed E-state index contributed by atoms with van der Waals surface area (Å²) in [5.41, 5.74) is 4.41. The predicted octanol–water partition coefficient (Wildman–Crippen LogP) is 15.8. The van der Waals surface area contributed by atoms with E-state index in [1.54, 1.807) is 19.2 Å². The molecule has 0 radical (unpaired) electrons. The summed E-state index contributed by atoms with van der Waals surface area (Å²) in [5, 5.41) is 31.7. The number of carboxylic acid groups (broad SMARTS) is 3. The molecule has 3 aromatic carbocycles. The molecule has 394 valence electrons. The Bertz CT molecular complexity index is 1950. The second-order valence-electron chi connectivity index (χ2n) is 21.6. The van der Waals surface area contributed by atoms with Crippen molar-refractivity contribution in [3.63, 3.8) is 0 Å². The third kappa shape index (κ3) is 24.5. The molecule has 0 amide bonds. The largest absolute Gasteiger partial charge is 2.00 e. The average Bonchev–Trinajstić information content (AvgIpc) is 3.35. The van der Waals surface area contributed by atoms with Crippen molar-refractivity contribution < 1.29 is 34.4 Å². The van der Waals surface area contributed by atoms with Gasteiger partial charge in [0.1, 0.15) is 5.75 Å². The van der Waals surface area contributed by atoms with Gasteiger partial charge in [-0.1, -0.05) is 165 Å². The van der Waals surface area contributed by atoms with Gasteiger partial charge in [-0.25, -0.2) is 4.79 Å². The van der Waals surface area contributed by atoms with Gasteiger partial charge in [0.25, 0.3) is 0 Å². The van der Waals surface area contributed by atoms with E-state index >= 15 is 0 Å². The normalized spacial score (nSPS) is 18.6. The number of allylic oxidation sites excluding steroid dienone is 4. The number of aliphatic carboxylic acids is 2. The Morgan fingerprint density at radius 1 is 0.528 bits per heavy atom. The van der Waals surface area contributed by atoms with E-state index in [1.807, 2.05) is 12.1 Å². The van der Waals surface area contributed by atoms with Gasteiger partial charge in [-0.2, -0.15) is 0 Å². The van der Waals surface area contributed by atoms with Crippen LogP contribution in [0.2, 0.25) is 0 Å². The molecule has 0 saturated heterocycles. The molecule has 0 unspecified atom stereocenters. The predicted molar refractivity (Wildman–Crippen MR) is 297 cm³/mol. The third-order valence-corrected chi connectivity index (χ3v) is 15.5. The number of hydrogen-bond acceptors (Lipinski definition) is 6. The van der Waals surface area contributed by atoms with Crippen molar-refractivity contribution >= 4 is 66.4 Å². The van der Waals surface area contributed by atoms with Crippen LogP contribution < -0.4 is 14.9 Å². The Balaban J connectivity index is 0.000000298. The summed E-state index contributed by atoms with van der Waals surface area (Å²) in [6, 6.07) is 18.4.